The monoisotopic (exact) mass is 296 g/mol. The number of carbonyl (C=O) groups is 1. The molecule has 3 nitrogen and oxygen atoms in total. The van der Waals surface area contributed by atoms with Gasteiger partial charge in [-0.05, 0) is 13.1 Å². The smallest absolute Gasteiger partial charge is 0.177 e. The van der Waals surface area contributed by atoms with Gasteiger partial charge in [0.2, 0.25) is 0 Å². The molecule has 1 aliphatic rings. The molecule has 0 aromatic heterocycles. The Morgan fingerprint density at radius 2 is 1.88 bits per heavy atom. The summed E-state index contributed by atoms with van der Waals surface area (Å²) in [7, 11) is 2.12. The Morgan fingerprint density at radius 1 is 1.24 bits per heavy atom. The molecule has 1 aromatic rings. The standard InChI is InChI=1S/C13H17BrN2O/c1-15-6-8-16(9-7-15)10-13(17)11-4-2-3-5-12(11)14/h2-5H,6-10H2,1H3. The van der Waals surface area contributed by atoms with Gasteiger partial charge in [0, 0.05) is 36.2 Å². The highest BCUT2D eigenvalue weighted by Gasteiger charge is 2.18. The second kappa shape index (κ2) is 5.76. The van der Waals surface area contributed by atoms with E-state index >= 15 is 0 Å². The van der Waals surface area contributed by atoms with E-state index in [1.54, 1.807) is 0 Å². The molecule has 0 bridgehead atoms. The van der Waals surface area contributed by atoms with E-state index in [2.05, 4.69) is 32.8 Å². The number of ketones is 1. The second-order valence-electron chi connectivity index (χ2n) is 4.48. The first kappa shape index (κ1) is 12.7. The molecule has 0 saturated carbocycles. The van der Waals surface area contributed by atoms with E-state index in [4.69, 9.17) is 0 Å². The Kier molecular flexibility index (Phi) is 4.31. The van der Waals surface area contributed by atoms with Crippen LogP contribution in [0.3, 0.4) is 0 Å². The van der Waals surface area contributed by atoms with Gasteiger partial charge in [0.25, 0.3) is 0 Å². The maximum Gasteiger partial charge on any atom is 0.177 e. The minimum Gasteiger partial charge on any atom is -0.304 e. The predicted octanol–water partition coefficient (Wildman–Crippen LogP) is 1.88. The van der Waals surface area contributed by atoms with Gasteiger partial charge in [-0.25, -0.2) is 0 Å². The normalized spacial score (nSPS) is 18.2. The van der Waals surface area contributed by atoms with Gasteiger partial charge in [0.15, 0.2) is 5.78 Å². The molecule has 1 aliphatic heterocycles. The molecular weight excluding hydrogens is 280 g/mol. The van der Waals surface area contributed by atoms with Crippen LogP contribution >= 0.6 is 15.9 Å². The number of carbonyl (C=O) groups excluding carboxylic acids is 1. The molecule has 0 N–H and O–H groups in total. The molecule has 0 amide bonds. The van der Waals surface area contributed by atoms with Crippen LogP contribution in [0.4, 0.5) is 0 Å². The number of rotatable bonds is 3. The maximum absolute atomic E-state index is 12.1. The minimum absolute atomic E-state index is 0.196. The number of hydrogen-bond donors (Lipinski definition) is 0. The molecule has 1 heterocycles. The second-order valence-corrected chi connectivity index (χ2v) is 5.34. The highest BCUT2D eigenvalue weighted by Crippen LogP contribution is 2.17. The van der Waals surface area contributed by atoms with Crippen molar-refractivity contribution in [3.63, 3.8) is 0 Å². The third-order valence-corrected chi connectivity index (χ3v) is 3.83. The van der Waals surface area contributed by atoms with Crippen LogP contribution in [0.1, 0.15) is 10.4 Å². The average molecular weight is 297 g/mol. The maximum atomic E-state index is 12.1. The van der Waals surface area contributed by atoms with Crippen LogP contribution in [0, 0.1) is 0 Å². The third kappa shape index (κ3) is 3.37. The van der Waals surface area contributed by atoms with Crippen molar-refractivity contribution in [2.45, 2.75) is 0 Å². The van der Waals surface area contributed by atoms with Crippen molar-refractivity contribution in [1.82, 2.24) is 9.80 Å². The van der Waals surface area contributed by atoms with E-state index in [9.17, 15) is 4.79 Å². The first-order valence-electron chi connectivity index (χ1n) is 5.85. The van der Waals surface area contributed by atoms with Crippen molar-refractivity contribution in [3.05, 3.63) is 34.3 Å². The van der Waals surface area contributed by atoms with Gasteiger partial charge in [-0.3, -0.25) is 9.69 Å². The Bertz CT molecular complexity index is 400. The van der Waals surface area contributed by atoms with Crippen LogP contribution in [-0.2, 0) is 0 Å². The van der Waals surface area contributed by atoms with Crippen molar-refractivity contribution in [2.24, 2.45) is 0 Å². The van der Waals surface area contributed by atoms with Crippen molar-refractivity contribution in [1.29, 1.82) is 0 Å². The number of Topliss-reactive ketones (excluding diaryl/α,β-unsaturated/α-hetero) is 1. The summed E-state index contributed by atoms with van der Waals surface area (Å²) in [5, 5.41) is 0. The van der Waals surface area contributed by atoms with E-state index in [1.807, 2.05) is 24.3 Å². The van der Waals surface area contributed by atoms with E-state index in [0.29, 0.717) is 6.54 Å². The molecule has 2 rings (SSSR count). The summed E-state index contributed by atoms with van der Waals surface area (Å²) < 4.78 is 0.888. The molecule has 0 spiro atoms. The molecule has 1 fully saturated rings. The zero-order chi connectivity index (χ0) is 12.3. The van der Waals surface area contributed by atoms with Crippen LogP contribution in [0.25, 0.3) is 0 Å². The average Bonchev–Trinajstić information content (AvgIpc) is 2.32. The quantitative estimate of drug-likeness (QED) is 0.796. The van der Waals surface area contributed by atoms with E-state index in [1.165, 1.54) is 0 Å². The van der Waals surface area contributed by atoms with Gasteiger partial charge in [0.05, 0.1) is 6.54 Å². The Hall–Kier alpha value is -0.710. The van der Waals surface area contributed by atoms with Crippen LogP contribution in [0.2, 0.25) is 0 Å². The molecule has 1 aromatic carbocycles. The summed E-state index contributed by atoms with van der Waals surface area (Å²) >= 11 is 3.42. The topological polar surface area (TPSA) is 23.6 Å². The molecule has 0 unspecified atom stereocenters. The summed E-state index contributed by atoms with van der Waals surface area (Å²) in [6.07, 6.45) is 0. The summed E-state index contributed by atoms with van der Waals surface area (Å²) in [5.74, 6) is 0.196. The summed E-state index contributed by atoms with van der Waals surface area (Å²) in [5.41, 5.74) is 0.784. The fraction of sp³-hybridized carbons (Fsp3) is 0.462. The number of halogens is 1. The van der Waals surface area contributed by atoms with Gasteiger partial charge >= 0.3 is 0 Å². The highest BCUT2D eigenvalue weighted by atomic mass is 79.9. The molecule has 1 saturated heterocycles. The lowest BCUT2D eigenvalue weighted by molar-refractivity contribution is 0.0875. The fourth-order valence-electron chi connectivity index (χ4n) is 1.98. The van der Waals surface area contributed by atoms with E-state index < -0.39 is 0 Å². The zero-order valence-corrected chi connectivity index (χ0v) is 11.6. The molecule has 0 radical (unpaired) electrons. The largest absolute Gasteiger partial charge is 0.304 e. The van der Waals surface area contributed by atoms with Gasteiger partial charge in [-0.2, -0.15) is 0 Å². The Balaban J connectivity index is 1.96. The lowest BCUT2D eigenvalue weighted by Crippen LogP contribution is -2.46. The number of piperazine rings is 1. The molecule has 92 valence electrons. The van der Waals surface area contributed by atoms with E-state index in [0.717, 1.165) is 36.2 Å². The SMILES string of the molecule is CN1CCN(CC(=O)c2ccccc2Br)CC1. The lowest BCUT2D eigenvalue weighted by atomic mass is 10.1. The van der Waals surface area contributed by atoms with Crippen molar-refractivity contribution in [3.8, 4) is 0 Å². The van der Waals surface area contributed by atoms with Gasteiger partial charge in [0.1, 0.15) is 0 Å². The number of benzene rings is 1. The van der Waals surface area contributed by atoms with Crippen molar-refractivity contribution in [2.75, 3.05) is 39.8 Å². The molecule has 0 atom stereocenters. The summed E-state index contributed by atoms with van der Waals surface area (Å²) in [6, 6.07) is 7.62. The molecule has 17 heavy (non-hydrogen) atoms. The fourth-order valence-corrected chi connectivity index (χ4v) is 2.49. The van der Waals surface area contributed by atoms with E-state index in [-0.39, 0.29) is 5.78 Å². The molecule has 0 aliphatic carbocycles. The highest BCUT2D eigenvalue weighted by molar-refractivity contribution is 9.10. The van der Waals surface area contributed by atoms with Crippen molar-refractivity contribution >= 4 is 21.7 Å². The van der Waals surface area contributed by atoms with Crippen molar-refractivity contribution < 1.29 is 4.79 Å². The Morgan fingerprint density at radius 3 is 2.53 bits per heavy atom. The third-order valence-electron chi connectivity index (χ3n) is 3.14. The summed E-state index contributed by atoms with van der Waals surface area (Å²) in [4.78, 5) is 16.6. The minimum atomic E-state index is 0.196. The van der Waals surface area contributed by atoms with Crippen LogP contribution in [-0.4, -0.2) is 55.4 Å². The van der Waals surface area contributed by atoms with Gasteiger partial charge in [-0.1, -0.05) is 34.1 Å². The predicted molar refractivity (Wildman–Crippen MR) is 72.4 cm³/mol. The molecule has 4 heteroatoms. The van der Waals surface area contributed by atoms with Crippen LogP contribution in [0.5, 0.6) is 0 Å². The number of likely N-dealkylation sites (N-methyl/N-ethyl adjacent to an activating group) is 1. The molecular formula is C13H17BrN2O. The first-order valence-corrected chi connectivity index (χ1v) is 6.65. The van der Waals surface area contributed by atoms with Crippen LogP contribution < -0.4 is 0 Å². The van der Waals surface area contributed by atoms with Gasteiger partial charge in [-0.15, -0.1) is 0 Å². The number of hydrogen-bond acceptors (Lipinski definition) is 3. The van der Waals surface area contributed by atoms with Gasteiger partial charge < -0.3 is 4.90 Å². The van der Waals surface area contributed by atoms with Crippen LogP contribution in [0.15, 0.2) is 28.7 Å². The lowest BCUT2D eigenvalue weighted by Gasteiger charge is -2.31. The number of nitrogens with zero attached hydrogens (tertiary/aromatic N) is 2. The Labute approximate surface area is 111 Å². The zero-order valence-electron chi connectivity index (χ0n) is 10.0. The summed E-state index contributed by atoms with van der Waals surface area (Å²) in [6.45, 7) is 4.57. The first-order chi connectivity index (χ1) is 8.16.